The molecule has 0 aliphatic heterocycles. The number of ether oxygens (including phenoxy) is 1. The number of nitrogens with one attached hydrogen (secondary N) is 1. The molecule has 0 aliphatic rings. The van der Waals surface area contributed by atoms with Crippen molar-refractivity contribution in [3.63, 3.8) is 0 Å². The minimum absolute atomic E-state index is 0.282. The van der Waals surface area contributed by atoms with E-state index in [4.69, 9.17) is 0 Å². The van der Waals surface area contributed by atoms with Crippen molar-refractivity contribution in [3.8, 4) is 16.9 Å². The standard InChI is InChI=1S/C17H13F5N2O2/c1-16(18,19)9-24-14-8-11(4-7-13(14)23-15(24)25)10-2-5-12(6-3-10)26-17(20,21)22/h2-8H,9H2,1H3,(H,23,25). The van der Waals surface area contributed by atoms with Crippen molar-refractivity contribution in [2.75, 3.05) is 0 Å². The molecule has 3 aromatic rings. The van der Waals surface area contributed by atoms with Gasteiger partial charge in [-0.25, -0.2) is 13.6 Å². The van der Waals surface area contributed by atoms with E-state index in [1.165, 1.54) is 18.2 Å². The average molecular weight is 372 g/mol. The van der Waals surface area contributed by atoms with Gasteiger partial charge in [0.15, 0.2) is 0 Å². The average Bonchev–Trinajstić information content (AvgIpc) is 2.80. The third-order valence-electron chi connectivity index (χ3n) is 3.63. The van der Waals surface area contributed by atoms with Gasteiger partial charge >= 0.3 is 12.1 Å². The van der Waals surface area contributed by atoms with Crippen LogP contribution in [-0.2, 0) is 6.54 Å². The summed E-state index contributed by atoms with van der Waals surface area (Å²) in [6.45, 7) is -0.0743. The first-order valence-corrected chi connectivity index (χ1v) is 7.48. The van der Waals surface area contributed by atoms with Crippen molar-refractivity contribution >= 4 is 11.0 Å². The largest absolute Gasteiger partial charge is 0.573 e. The lowest BCUT2D eigenvalue weighted by Crippen LogP contribution is -2.27. The number of imidazole rings is 1. The molecule has 0 atom stereocenters. The lowest BCUT2D eigenvalue weighted by Gasteiger charge is -2.12. The fourth-order valence-electron chi connectivity index (χ4n) is 2.62. The quantitative estimate of drug-likeness (QED) is 0.683. The molecular weight excluding hydrogens is 359 g/mol. The van der Waals surface area contributed by atoms with Crippen LogP contribution in [0.15, 0.2) is 47.3 Å². The Morgan fingerprint density at radius 2 is 1.62 bits per heavy atom. The molecule has 1 aromatic heterocycles. The highest BCUT2D eigenvalue weighted by atomic mass is 19.4. The van der Waals surface area contributed by atoms with Crippen LogP contribution >= 0.6 is 0 Å². The van der Waals surface area contributed by atoms with Crippen LogP contribution in [0.1, 0.15) is 6.92 Å². The summed E-state index contributed by atoms with van der Waals surface area (Å²) in [5, 5.41) is 0. The van der Waals surface area contributed by atoms with Crippen LogP contribution in [0.5, 0.6) is 5.75 Å². The molecule has 0 radical (unpaired) electrons. The summed E-state index contributed by atoms with van der Waals surface area (Å²) in [5.41, 5.74) is 1.12. The SMILES string of the molecule is CC(F)(F)Cn1c(=O)[nH]c2ccc(-c3ccc(OC(F)(F)F)cc3)cc21. The normalized spacial score (nSPS) is 12.5. The lowest BCUT2D eigenvalue weighted by atomic mass is 10.0. The van der Waals surface area contributed by atoms with E-state index >= 15 is 0 Å². The smallest absolute Gasteiger partial charge is 0.406 e. The highest BCUT2D eigenvalue weighted by molar-refractivity contribution is 5.82. The molecule has 3 rings (SSSR count). The number of hydrogen-bond acceptors (Lipinski definition) is 2. The number of fused-ring (bicyclic) bond motifs is 1. The number of aromatic nitrogens is 2. The van der Waals surface area contributed by atoms with Gasteiger partial charge in [-0.2, -0.15) is 0 Å². The molecule has 0 aliphatic carbocycles. The highest BCUT2D eigenvalue weighted by Gasteiger charge is 2.31. The first-order chi connectivity index (χ1) is 12.0. The van der Waals surface area contributed by atoms with E-state index < -0.39 is 24.5 Å². The molecule has 0 bridgehead atoms. The van der Waals surface area contributed by atoms with Crippen molar-refractivity contribution in [2.24, 2.45) is 0 Å². The molecule has 4 nitrogen and oxygen atoms in total. The summed E-state index contributed by atoms with van der Waals surface area (Å²) in [7, 11) is 0. The van der Waals surface area contributed by atoms with E-state index in [0.717, 1.165) is 16.7 Å². The van der Waals surface area contributed by atoms with Gasteiger partial charge in [0.1, 0.15) is 5.75 Å². The zero-order chi connectivity index (χ0) is 19.1. The van der Waals surface area contributed by atoms with Crippen LogP contribution in [0.25, 0.3) is 22.2 Å². The van der Waals surface area contributed by atoms with Gasteiger partial charge in [0.05, 0.1) is 17.6 Å². The summed E-state index contributed by atoms with van der Waals surface area (Å²) in [6.07, 6.45) is -4.78. The van der Waals surface area contributed by atoms with E-state index in [0.29, 0.717) is 23.6 Å². The van der Waals surface area contributed by atoms with Crippen LogP contribution in [-0.4, -0.2) is 21.8 Å². The Hall–Kier alpha value is -2.84. The van der Waals surface area contributed by atoms with Gasteiger partial charge in [-0.15, -0.1) is 13.2 Å². The zero-order valence-electron chi connectivity index (χ0n) is 13.4. The molecule has 0 unspecified atom stereocenters. The molecule has 0 saturated heterocycles. The lowest BCUT2D eigenvalue weighted by molar-refractivity contribution is -0.274. The maximum atomic E-state index is 13.3. The molecular formula is C17H13F5N2O2. The highest BCUT2D eigenvalue weighted by Crippen LogP contribution is 2.28. The third-order valence-corrected chi connectivity index (χ3v) is 3.63. The number of halogens is 5. The fraction of sp³-hybridized carbons (Fsp3) is 0.235. The molecule has 1 N–H and O–H groups in total. The topological polar surface area (TPSA) is 47.0 Å². The van der Waals surface area contributed by atoms with Crippen molar-refractivity contribution in [1.29, 1.82) is 0 Å². The molecule has 0 saturated carbocycles. The second-order valence-electron chi connectivity index (χ2n) is 5.89. The van der Waals surface area contributed by atoms with Gasteiger partial charge in [0.2, 0.25) is 0 Å². The van der Waals surface area contributed by atoms with Crippen LogP contribution in [0, 0.1) is 0 Å². The number of hydrogen-bond donors (Lipinski definition) is 1. The van der Waals surface area contributed by atoms with Crippen LogP contribution in [0.3, 0.4) is 0 Å². The Morgan fingerprint density at radius 1 is 1.00 bits per heavy atom. The molecule has 1 heterocycles. The Morgan fingerprint density at radius 3 is 2.19 bits per heavy atom. The van der Waals surface area contributed by atoms with Gasteiger partial charge in [-0.1, -0.05) is 18.2 Å². The Labute approximate surface area is 143 Å². The number of rotatable bonds is 4. The summed E-state index contributed by atoms with van der Waals surface area (Å²) in [4.78, 5) is 14.4. The van der Waals surface area contributed by atoms with Crippen molar-refractivity contribution < 1.29 is 26.7 Å². The van der Waals surface area contributed by atoms with E-state index in [9.17, 15) is 26.7 Å². The maximum absolute atomic E-state index is 13.3. The monoisotopic (exact) mass is 372 g/mol. The molecule has 26 heavy (non-hydrogen) atoms. The number of nitrogens with zero attached hydrogens (tertiary/aromatic N) is 1. The molecule has 0 amide bonds. The van der Waals surface area contributed by atoms with Crippen molar-refractivity contribution in [2.45, 2.75) is 25.8 Å². The molecule has 138 valence electrons. The summed E-state index contributed by atoms with van der Waals surface area (Å²) in [6, 6.07) is 9.83. The van der Waals surface area contributed by atoms with E-state index in [2.05, 4.69) is 9.72 Å². The van der Waals surface area contributed by atoms with Crippen LogP contribution in [0.2, 0.25) is 0 Å². The fourth-order valence-corrected chi connectivity index (χ4v) is 2.62. The summed E-state index contributed by atoms with van der Waals surface area (Å²) in [5.74, 6) is -3.45. The van der Waals surface area contributed by atoms with Crippen molar-refractivity contribution in [1.82, 2.24) is 9.55 Å². The van der Waals surface area contributed by atoms with E-state index in [-0.39, 0.29) is 11.3 Å². The maximum Gasteiger partial charge on any atom is 0.573 e. The van der Waals surface area contributed by atoms with Crippen LogP contribution < -0.4 is 10.4 Å². The van der Waals surface area contributed by atoms with Gasteiger partial charge in [-0.3, -0.25) is 4.57 Å². The molecule has 2 aromatic carbocycles. The van der Waals surface area contributed by atoms with E-state index in [1.807, 2.05) is 0 Å². The zero-order valence-corrected chi connectivity index (χ0v) is 13.4. The third kappa shape index (κ3) is 4.04. The summed E-state index contributed by atoms with van der Waals surface area (Å²) < 4.78 is 68.0. The second kappa shape index (κ2) is 6.15. The summed E-state index contributed by atoms with van der Waals surface area (Å²) >= 11 is 0. The van der Waals surface area contributed by atoms with E-state index in [1.54, 1.807) is 12.1 Å². The predicted molar refractivity (Wildman–Crippen MR) is 85.3 cm³/mol. The molecule has 0 fully saturated rings. The Balaban J connectivity index is 1.98. The minimum Gasteiger partial charge on any atom is -0.406 e. The first kappa shape index (κ1) is 18.0. The Kier molecular flexibility index (Phi) is 4.25. The second-order valence-corrected chi connectivity index (χ2v) is 5.89. The Bertz CT molecular complexity index is 982. The van der Waals surface area contributed by atoms with Gasteiger partial charge in [0.25, 0.3) is 5.92 Å². The van der Waals surface area contributed by atoms with Gasteiger partial charge < -0.3 is 9.72 Å². The minimum atomic E-state index is -4.78. The number of benzene rings is 2. The van der Waals surface area contributed by atoms with Crippen molar-refractivity contribution in [3.05, 3.63) is 52.9 Å². The molecule has 9 heteroatoms. The first-order valence-electron chi connectivity index (χ1n) is 7.48. The number of aromatic amines is 1. The number of alkyl halides is 5. The van der Waals surface area contributed by atoms with Gasteiger partial charge in [0, 0.05) is 6.92 Å². The number of H-pyrrole nitrogens is 1. The predicted octanol–water partition coefficient (Wildman–Crippen LogP) is 4.55. The van der Waals surface area contributed by atoms with Crippen LogP contribution in [0.4, 0.5) is 22.0 Å². The van der Waals surface area contributed by atoms with Gasteiger partial charge in [-0.05, 0) is 35.4 Å². The molecule has 0 spiro atoms.